The number of benzene rings is 2. The van der Waals surface area contributed by atoms with Crippen molar-refractivity contribution in [1.82, 2.24) is 5.32 Å². The summed E-state index contributed by atoms with van der Waals surface area (Å²) in [5.74, 6) is 0.716. The second kappa shape index (κ2) is 8.21. The van der Waals surface area contributed by atoms with Crippen LogP contribution in [0.4, 0.5) is 0 Å². The summed E-state index contributed by atoms with van der Waals surface area (Å²) in [6.45, 7) is 6.42. The molecule has 0 atom stereocenters. The molecule has 112 valence electrons. The van der Waals surface area contributed by atoms with Crippen molar-refractivity contribution < 1.29 is 0 Å². The molecule has 1 N–H and O–H groups in total. The highest BCUT2D eigenvalue weighted by Gasteiger charge is 1.99. The molecule has 0 amide bonds. The first-order valence-electron chi connectivity index (χ1n) is 7.66. The van der Waals surface area contributed by atoms with Crippen molar-refractivity contribution in [1.29, 1.82) is 0 Å². The smallest absolute Gasteiger partial charge is 0.0406 e. The topological polar surface area (TPSA) is 12.0 Å². The fraction of sp³-hybridized carbons (Fsp3) is 0.368. The lowest BCUT2D eigenvalue weighted by Crippen LogP contribution is -2.16. The quantitative estimate of drug-likeness (QED) is 0.719. The van der Waals surface area contributed by atoms with Gasteiger partial charge in [0.1, 0.15) is 0 Å². The first kappa shape index (κ1) is 16.1. The molecule has 0 spiro atoms. The second-order valence-electron chi connectivity index (χ2n) is 5.97. The van der Waals surface area contributed by atoms with E-state index in [0.29, 0.717) is 5.92 Å². The molecule has 0 bridgehead atoms. The Kier molecular flexibility index (Phi) is 6.28. The minimum absolute atomic E-state index is 0.716. The van der Waals surface area contributed by atoms with Crippen molar-refractivity contribution in [2.24, 2.45) is 5.92 Å². The van der Waals surface area contributed by atoms with Crippen LogP contribution in [0, 0.1) is 5.92 Å². The van der Waals surface area contributed by atoms with E-state index in [4.69, 9.17) is 11.6 Å². The van der Waals surface area contributed by atoms with Gasteiger partial charge in [-0.3, -0.25) is 0 Å². The summed E-state index contributed by atoms with van der Waals surface area (Å²) < 4.78 is 0. The fourth-order valence-corrected chi connectivity index (χ4v) is 2.51. The van der Waals surface area contributed by atoms with E-state index in [1.165, 1.54) is 16.7 Å². The van der Waals surface area contributed by atoms with Gasteiger partial charge in [-0.25, -0.2) is 0 Å². The number of nitrogens with one attached hydrogen (secondary N) is 1. The monoisotopic (exact) mass is 301 g/mol. The average Bonchev–Trinajstić information content (AvgIpc) is 2.46. The Hall–Kier alpha value is -1.31. The maximum absolute atomic E-state index is 5.88. The molecule has 0 aliphatic heterocycles. The second-order valence-corrected chi connectivity index (χ2v) is 6.40. The summed E-state index contributed by atoms with van der Waals surface area (Å²) >= 11 is 5.88. The van der Waals surface area contributed by atoms with E-state index in [2.05, 4.69) is 55.6 Å². The van der Waals surface area contributed by atoms with Crippen molar-refractivity contribution in [3.8, 4) is 0 Å². The highest BCUT2D eigenvalue weighted by molar-refractivity contribution is 6.30. The largest absolute Gasteiger partial charge is 0.312 e. The van der Waals surface area contributed by atoms with Gasteiger partial charge in [0.2, 0.25) is 0 Å². The molecular formula is C19H24ClN. The first-order valence-corrected chi connectivity index (χ1v) is 8.04. The molecule has 2 aromatic carbocycles. The molecule has 0 radical (unpaired) electrons. The van der Waals surface area contributed by atoms with Crippen LogP contribution in [-0.4, -0.2) is 6.54 Å². The fourth-order valence-electron chi connectivity index (χ4n) is 2.38. The van der Waals surface area contributed by atoms with Crippen LogP contribution in [-0.2, 0) is 19.4 Å². The lowest BCUT2D eigenvalue weighted by Gasteiger charge is -2.08. The van der Waals surface area contributed by atoms with Gasteiger partial charge in [0.15, 0.2) is 0 Å². The summed E-state index contributed by atoms with van der Waals surface area (Å²) in [7, 11) is 0. The van der Waals surface area contributed by atoms with Crippen LogP contribution in [0.5, 0.6) is 0 Å². The molecule has 0 aliphatic carbocycles. The average molecular weight is 302 g/mol. The molecule has 2 rings (SSSR count). The molecule has 0 aromatic heterocycles. The standard InChI is InChI=1S/C19H24ClN/c1-15(2)13-17-3-5-18(6-4-17)14-21-12-11-16-7-9-19(20)10-8-16/h3-10,15,21H,11-14H2,1-2H3. The molecule has 1 nitrogen and oxygen atoms in total. The molecular weight excluding hydrogens is 278 g/mol. The Morgan fingerprint density at radius 1 is 0.857 bits per heavy atom. The Balaban J connectivity index is 1.72. The van der Waals surface area contributed by atoms with E-state index < -0.39 is 0 Å². The molecule has 21 heavy (non-hydrogen) atoms. The number of rotatable bonds is 7. The van der Waals surface area contributed by atoms with Gasteiger partial charge in [0, 0.05) is 11.6 Å². The SMILES string of the molecule is CC(C)Cc1ccc(CNCCc2ccc(Cl)cc2)cc1. The minimum atomic E-state index is 0.716. The lowest BCUT2D eigenvalue weighted by atomic mass is 10.0. The molecule has 0 unspecified atom stereocenters. The van der Waals surface area contributed by atoms with Crippen LogP contribution in [0.3, 0.4) is 0 Å². The summed E-state index contributed by atoms with van der Waals surface area (Å²) in [4.78, 5) is 0. The van der Waals surface area contributed by atoms with Crippen molar-refractivity contribution in [2.45, 2.75) is 33.2 Å². The van der Waals surface area contributed by atoms with Gasteiger partial charge in [0.25, 0.3) is 0 Å². The van der Waals surface area contributed by atoms with Gasteiger partial charge >= 0.3 is 0 Å². The van der Waals surface area contributed by atoms with E-state index in [0.717, 1.165) is 31.0 Å². The number of halogens is 1. The Morgan fingerprint density at radius 2 is 1.43 bits per heavy atom. The van der Waals surface area contributed by atoms with Crippen LogP contribution >= 0.6 is 11.6 Å². The van der Waals surface area contributed by atoms with Crippen molar-refractivity contribution in [3.05, 3.63) is 70.2 Å². The Bertz CT molecular complexity index is 528. The van der Waals surface area contributed by atoms with Gasteiger partial charge in [0.05, 0.1) is 0 Å². The van der Waals surface area contributed by atoms with Crippen LogP contribution in [0.15, 0.2) is 48.5 Å². The third-order valence-corrected chi connectivity index (χ3v) is 3.75. The third-order valence-electron chi connectivity index (χ3n) is 3.50. The zero-order valence-electron chi connectivity index (χ0n) is 12.9. The van der Waals surface area contributed by atoms with Crippen LogP contribution < -0.4 is 5.32 Å². The van der Waals surface area contributed by atoms with Crippen molar-refractivity contribution in [3.63, 3.8) is 0 Å². The molecule has 2 aromatic rings. The van der Waals surface area contributed by atoms with Gasteiger partial charge in [-0.1, -0.05) is 61.8 Å². The van der Waals surface area contributed by atoms with Gasteiger partial charge < -0.3 is 5.32 Å². The van der Waals surface area contributed by atoms with Gasteiger partial charge in [-0.15, -0.1) is 0 Å². The Morgan fingerprint density at radius 3 is 2.05 bits per heavy atom. The highest BCUT2D eigenvalue weighted by Crippen LogP contribution is 2.11. The summed E-state index contributed by atoms with van der Waals surface area (Å²) in [5.41, 5.74) is 4.09. The maximum Gasteiger partial charge on any atom is 0.0406 e. The van der Waals surface area contributed by atoms with Gasteiger partial charge in [-0.05, 0) is 54.1 Å². The summed E-state index contributed by atoms with van der Waals surface area (Å²) in [6.07, 6.45) is 2.19. The maximum atomic E-state index is 5.88. The number of hydrogen-bond acceptors (Lipinski definition) is 1. The highest BCUT2D eigenvalue weighted by atomic mass is 35.5. The molecule has 0 aliphatic rings. The molecule has 0 saturated heterocycles. The molecule has 0 fully saturated rings. The van der Waals surface area contributed by atoms with Gasteiger partial charge in [-0.2, -0.15) is 0 Å². The van der Waals surface area contributed by atoms with E-state index >= 15 is 0 Å². The van der Waals surface area contributed by atoms with Crippen LogP contribution in [0.1, 0.15) is 30.5 Å². The van der Waals surface area contributed by atoms with E-state index in [1.54, 1.807) is 0 Å². The Labute approximate surface area is 133 Å². The first-order chi connectivity index (χ1) is 10.1. The lowest BCUT2D eigenvalue weighted by molar-refractivity contribution is 0.646. The molecule has 0 saturated carbocycles. The van der Waals surface area contributed by atoms with E-state index in [1.807, 2.05) is 12.1 Å². The van der Waals surface area contributed by atoms with E-state index in [9.17, 15) is 0 Å². The summed E-state index contributed by atoms with van der Waals surface area (Å²) in [6, 6.07) is 17.0. The van der Waals surface area contributed by atoms with Crippen LogP contribution in [0.2, 0.25) is 5.02 Å². The minimum Gasteiger partial charge on any atom is -0.312 e. The number of hydrogen-bond donors (Lipinski definition) is 1. The van der Waals surface area contributed by atoms with Crippen molar-refractivity contribution >= 4 is 11.6 Å². The molecule has 0 heterocycles. The summed E-state index contributed by atoms with van der Waals surface area (Å²) in [5, 5.41) is 4.29. The van der Waals surface area contributed by atoms with Crippen molar-refractivity contribution in [2.75, 3.05) is 6.54 Å². The zero-order chi connectivity index (χ0) is 15.1. The predicted molar refractivity (Wildman–Crippen MR) is 91.8 cm³/mol. The predicted octanol–water partition coefficient (Wildman–Crippen LogP) is 4.87. The molecule has 2 heteroatoms. The third kappa shape index (κ3) is 5.91. The van der Waals surface area contributed by atoms with E-state index in [-0.39, 0.29) is 0 Å². The normalized spacial score (nSPS) is 11.0. The van der Waals surface area contributed by atoms with Crippen LogP contribution in [0.25, 0.3) is 0 Å². The zero-order valence-corrected chi connectivity index (χ0v) is 13.7.